The first-order chi connectivity index (χ1) is 9.70. The second kappa shape index (κ2) is 15.2. The van der Waals surface area contributed by atoms with Crippen LogP contribution < -0.4 is 0 Å². The Morgan fingerprint density at radius 2 is 1.30 bits per heavy atom. The zero-order valence-electron chi connectivity index (χ0n) is 13.5. The zero-order valence-corrected chi connectivity index (χ0v) is 14.3. The summed E-state index contributed by atoms with van der Waals surface area (Å²) < 4.78 is 0. The fraction of sp³-hybridized carbons (Fsp3) is 0.941. The Labute approximate surface area is 130 Å². The second-order valence-electron chi connectivity index (χ2n) is 5.73. The first-order valence-corrected chi connectivity index (χ1v) is 9.59. The Kier molecular flexibility index (Phi) is 15.1. The highest BCUT2D eigenvalue weighted by atomic mass is 32.2. The average Bonchev–Trinajstić information content (AvgIpc) is 2.43. The van der Waals surface area contributed by atoms with Crippen molar-refractivity contribution in [1.29, 1.82) is 0 Å². The maximum absolute atomic E-state index is 10.7. The van der Waals surface area contributed by atoms with E-state index in [2.05, 4.69) is 13.8 Å². The molecule has 0 aromatic heterocycles. The summed E-state index contributed by atoms with van der Waals surface area (Å²) in [5.74, 6) is -0.397. The van der Waals surface area contributed by atoms with Gasteiger partial charge in [0.05, 0.1) is 5.75 Å². The Morgan fingerprint density at radius 3 is 1.70 bits per heavy atom. The Morgan fingerprint density at radius 1 is 0.850 bits per heavy atom. The molecule has 0 heterocycles. The maximum atomic E-state index is 10.7. The molecule has 0 saturated carbocycles. The number of hydrogen-bond donors (Lipinski definition) is 1. The molecule has 0 atom stereocenters. The van der Waals surface area contributed by atoms with Crippen molar-refractivity contribution in [3.05, 3.63) is 0 Å². The van der Waals surface area contributed by atoms with Gasteiger partial charge in [-0.2, -0.15) is 0 Å². The summed E-state index contributed by atoms with van der Waals surface area (Å²) in [6.07, 6.45) is 15.5. The van der Waals surface area contributed by atoms with E-state index in [9.17, 15) is 4.79 Å². The largest absolute Gasteiger partial charge is 0.481 e. The molecule has 0 aromatic rings. The van der Waals surface area contributed by atoms with Gasteiger partial charge in [-0.15, -0.1) is 11.8 Å². The molecule has 0 radical (unpaired) electrons. The maximum Gasteiger partial charge on any atom is 0.313 e. The smallest absolute Gasteiger partial charge is 0.313 e. The topological polar surface area (TPSA) is 37.3 Å². The highest BCUT2D eigenvalue weighted by molar-refractivity contribution is 8.00. The molecular formula is C17H34O2S. The minimum atomic E-state index is -0.669. The summed E-state index contributed by atoms with van der Waals surface area (Å²) in [6, 6.07) is 0. The highest BCUT2D eigenvalue weighted by Crippen LogP contribution is 2.24. The number of thioether (sulfide) groups is 1. The van der Waals surface area contributed by atoms with Crippen LogP contribution in [0.2, 0.25) is 0 Å². The fourth-order valence-corrected chi connectivity index (χ4v) is 3.50. The summed E-state index contributed by atoms with van der Waals surface area (Å²) >= 11 is 1.66. The molecule has 0 bridgehead atoms. The summed E-state index contributed by atoms with van der Waals surface area (Å²) in [5.41, 5.74) is 0. The lowest BCUT2D eigenvalue weighted by Gasteiger charge is -2.15. The van der Waals surface area contributed by atoms with Crippen molar-refractivity contribution in [2.75, 3.05) is 5.75 Å². The van der Waals surface area contributed by atoms with Gasteiger partial charge in [0.2, 0.25) is 0 Å². The van der Waals surface area contributed by atoms with Gasteiger partial charge in [0.1, 0.15) is 0 Å². The first kappa shape index (κ1) is 19.8. The van der Waals surface area contributed by atoms with Crippen LogP contribution in [0, 0.1) is 0 Å². The van der Waals surface area contributed by atoms with Gasteiger partial charge in [0.15, 0.2) is 0 Å². The number of hydrogen-bond acceptors (Lipinski definition) is 2. The van der Waals surface area contributed by atoms with Gasteiger partial charge in [-0.25, -0.2) is 0 Å². The Balaban J connectivity index is 3.73. The average molecular weight is 303 g/mol. The van der Waals surface area contributed by atoms with Crippen molar-refractivity contribution in [2.24, 2.45) is 0 Å². The quantitative estimate of drug-likeness (QED) is 0.383. The van der Waals surface area contributed by atoms with Crippen LogP contribution in [0.4, 0.5) is 0 Å². The molecule has 0 fully saturated rings. The Bertz CT molecular complexity index is 205. The van der Waals surface area contributed by atoms with Crippen LogP contribution in [-0.2, 0) is 4.79 Å². The van der Waals surface area contributed by atoms with Crippen molar-refractivity contribution in [2.45, 2.75) is 96.1 Å². The third-order valence-corrected chi connectivity index (χ3v) is 5.06. The van der Waals surface area contributed by atoms with Crippen molar-refractivity contribution >= 4 is 17.7 Å². The predicted molar refractivity (Wildman–Crippen MR) is 90.6 cm³/mol. The van der Waals surface area contributed by atoms with E-state index in [1.807, 2.05) is 0 Å². The summed E-state index contributed by atoms with van der Waals surface area (Å²) in [4.78, 5) is 10.7. The lowest BCUT2D eigenvalue weighted by atomic mass is 10.0. The molecule has 0 aromatic carbocycles. The van der Waals surface area contributed by atoms with Gasteiger partial charge in [-0.05, 0) is 12.8 Å². The van der Waals surface area contributed by atoms with E-state index in [0.29, 0.717) is 5.25 Å². The minimum absolute atomic E-state index is 0.272. The molecule has 120 valence electrons. The van der Waals surface area contributed by atoms with E-state index >= 15 is 0 Å². The fourth-order valence-electron chi connectivity index (χ4n) is 2.45. The minimum Gasteiger partial charge on any atom is -0.481 e. The predicted octanol–water partition coefficient (Wildman–Crippen LogP) is 5.89. The zero-order chi connectivity index (χ0) is 15.1. The molecule has 0 aliphatic carbocycles. The van der Waals surface area contributed by atoms with E-state index in [1.165, 1.54) is 77.0 Å². The molecule has 3 heteroatoms. The Hall–Kier alpha value is -0.180. The molecule has 0 amide bonds. The monoisotopic (exact) mass is 302 g/mol. The second-order valence-corrected chi connectivity index (χ2v) is 7.02. The van der Waals surface area contributed by atoms with Crippen LogP contribution in [0.1, 0.15) is 90.9 Å². The first-order valence-electron chi connectivity index (χ1n) is 8.54. The van der Waals surface area contributed by atoms with E-state index < -0.39 is 5.97 Å². The third kappa shape index (κ3) is 14.2. The molecule has 0 unspecified atom stereocenters. The normalized spacial score (nSPS) is 11.2. The van der Waals surface area contributed by atoms with Crippen LogP contribution in [0.25, 0.3) is 0 Å². The van der Waals surface area contributed by atoms with Gasteiger partial charge >= 0.3 is 5.97 Å². The van der Waals surface area contributed by atoms with Crippen molar-refractivity contribution in [3.8, 4) is 0 Å². The van der Waals surface area contributed by atoms with Gasteiger partial charge < -0.3 is 5.11 Å². The number of carboxylic acid groups (broad SMARTS) is 1. The van der Waals surface area contributed by atoms with Crippen molar-refractivity contribution in [3.63, 3.8) is 0 Å². The van der Waals surface area contributed by atoms with Gasteiger partial charge in [-0.1, -0.05) is 78.1 Å². The van der Waals surface area contributed by atoms with E-state index in [-0.39, 0.29) is 5.75 Å². The standard InChI is InChI=1S/C17H34O2S/c1-3-5-7-9-11-13-16(20-15-17(18)19)14-12-10-8-6-4-2/h16H,3-15H2,1-2H3,(H,18,19). The van der Waals surface area contributed by atoms with E-state index in [0.717, 1.165) is 0 Å². The summed E-state index contributed by atoms with van der Waals surface area (Å²) in [7, 11) is 0. The number of aliphatic carboxylic acids is 1. The van der Waals surface area contributed by atoms with Crippen molar-refractivity contribution in [1.82, 2.24) is 0 Å². The number of rotatable bonds is 15. The van der Waals surface area contributed by atoms with E-state index in [4.69, 9.17) is 5.11 Å². The molecule has 2 nitrogen and oxygen atoms in total. The van der Waals surface area contributed by atoms with Gasteiger partial charge in [0.25, 0.3) is 0 Å². The molecular weight excluding hydrogens is 268 g/mol. The number of carboxylic acids is 1. The molecule has 20 heavy (non-hydrogen) atoms. The van der Waals surface area contributed by atoms with Crippen LogP contribution in [0.3, 0.4) is 0 Å². The highest BCUT2D eigenvalue weighted by Gasteiger charge is 2.11. The van der Waals surface area contributed by atoms with Crippen LogP contribution >= 0.6 is 11.8 Å². The molecule has 0 saturated heterocycles. The SMILES string of the molecule is CCCCCCCC(CCCCCCC)SCC(=O)O. The number of unbranched alkanes of at least 4 members (excludes halogenated alkanes) is 8. The molecule has 0 aliphatic rings. The molecule has 0 spiro atoms. The third-order valence-electron chi connectivity index (χ3n) is 3.70. The van der Waals surface area contributed by atoms with E-state index in [1.54, 1.807) is 11.8 Å². The van der Waals surface area contributed by atoms with Crippen LogP contribution in [0.5, 0.6) is 0 Å². The summed E-state index contributed by atoms with van der Waals surface area (Å²) in [5, 5.41) is 9.39. The number of carbonyl (C=O) groups is 1. The van der Waals surface area contributed by atoms with Gasteiger partial charge in [-0.3, -0.25) is 4.79 Å². The molecule has 0 aliphatic heterocycles. The van der Waals surface area contributed by atoms with Crippen LogP contribution in [0.15, 0.2) is 0 Å². The molecule has 0 rings (SSSR count). The lowest BCUT2D eigenvalue weighted by Crippen LogP contribution is -2.08. The molecule has 1 N–H and O–H groups in total. The lowest BCUT2D eigenvalue weighted by molar-refractivity contribution is -0.133. The van der Waals surface area contributed by atoms with Crippen molar-refractivity contribution < 1.29 is 9.90 Å². The van der Waals surface area contributed by atoms with Gasteiger partial charge in [0, 0.05) is 5.25 Å². The summed E-state index contributed by atoms with van der Waals surface area (Å²) in [6.45, 7) is 4.48. The van der Waals surface area contributed by atoms with Crippen LogP contribution in [-0.4, -0.2) is 22.1 Å².